The lowest BCUT2D eigenvalue weighted by atomic mass is 10.1. The first-order chi connectivity index (χ1) is 8.54. The number of aromatic carboxylic acids is 1. The third-order valence-electron chi connectivity index (χ3n) is 2.51. The van der Waals surface area contributed by atoms with Crippen LogP contribution in [0.2, 0.25) is 5.02 Å². The molecule has 18 heavy (non-hydrogen) atoms. The van der Waals surface area contributed by atoms with E-state index in [9.17, 15) is 9.59 Å². The minimum Gasteiger partial charge on any atom is -0.478 e. The van der Waals surface area contributed by atoms with Crippen LogP contribution >= 0.6 is 11.6 Å². The van der Waals surface area contributed by atoms with Gasteiger partial charge in [-0.3, -0.25) is 9.36 Å². The summed E-state index contributed by atoms with van der Waals surface area (Å²) >= 11 is 5.99. The van der Waals surface area contributed by atoms with Crippen molar-refractivity contribution in [3.05, 3.63) is 45.2 Å². The van der Waals surface area contributed by atoms with E-state index in [-0.39, 0.29) is 22.7 Å². The van der Waals surface area contributed by atoms with Crippen molar-refractivity contribution < 1.29 is 9.90 Å². The molecule has 0 fully saturated rings. The number of carbonyl (C=O) groups is 1. The van der Waals surface area contributed by atoms with E-state index >= 15 is 0 Å². The van der Waals surface area contributed by atoms with Crippen molar-refractivity contribution in [3.8, 4) is 6.07 Å². The molecule has 0 aliphatic heterocycles. The smallest absolute Gasteiger partial charge is 0.335 e. The average molecular weight is 263 g/mol. The van der Waals surface area contributed by atoms with Crippen molar-refractivity contribution in [2.45, 2.75) is 6.54 Å². The first kappa shape index (κ1) is 12.1. The summed E-state index contributed by atoms with van der Waals surface area (Å²) in [5.41, 5.74) is 0.0550. The number of nitriles is 1. The molecule has 5 nitrogen and oxygen atoms in total. The topological polar surface area (TPSA) is 83.1 Å². The Labute approximate surface area is 106 Å². The summed E-state index contributed by atoms with van der Waals surface area (Å²) in [6.45, 7) is -0.137. The summed E-state index contributed by atoms with van der Waals surface area (Å²) in [6, 6.07) is 7.32. The first-order valence-electron chi connectivity index (χ1n) is 4.98. The van der Waals surface area contributed by atoms with E-state index in [2.05, 4.69) is 0 Å². The summed E-state index contributed by atoms with van der Waals surface area (Å²) in [4.78, 5) is 22.5. The highest BCUT2D eigenvalue weighted by Gasteiger charge is 2.11. The summed E-state index contributed by atoms with van der Waals surface area (Å²) in [5.74, 6) is -1.10. The molecule has 0 aliphatic rings. The number of halogens is 1. The molecule has 0 unspecified atom stereocenters. The van der Waals surface area contributed by atoms with E-state index < -0.39 is 5.97 Å². The molecule has 6 heteroatoms. The maximum atomic E-state index is 11.6. The molecule has 0 saturated heterocycles. The molecule has 2 aromatic rings. The van der Waals surface area contributed by atoms with Crippen molar-refractivity contribution in [3.63, 3.8) is 0 Å². The average Bonchev–Trinajstić information content (AvgIpc) is 2.32. The van der Waals surface area contributed by atoms with Crippen LogP contribution < -0.4 is 5.56 Å². The van der Waals surface area contributed by atoms with Crippen LogP contribution in [0.4, 0.5) is 0 Å². The predicted molar refractivity (Wildman–Crippen MR) is 65.8 cm³/mol. The summed E-state index contributed by atoms with van der Waals surface area (Å²) in [6.07, 6.45) is 0. The molecular weight excluding hydrogens is 256 g/mol. The highest BCUT2D eigenvalue weighted by molar-refractivity contribution is 6.35. The van der Waals surface area contributed by atoms with Gasteiger partial charge in [0.2, 0.25) is 0 Å². The third kappa shape index (κ3) is 1.94. The molecule has 0 atom stereocenters. The Hall–Kier alpha value is -2.32. The Bertz CT molecular complexity index is 743. The van der Waals surface area contributed by atoms with Crippen LogP contribution in [0.15, 0.2) is 29.1 Å². The van der Waals surface area contributed by atoms with E-state index in [1.807, 2.05) is 6.07 Å². The molecule has 0 saturated carbocycles. The maximum Gasteiger partial charge on any atom is 0.335 e. The highest BCUT2D eigenvalue weighted by Crippen LogP contribution is 2.24. The summed E-state index contributed by atoms with van der Waals surface area (Å²) in [7, 11) is 0. The molecule has 0 bridgehead atoms. The van der Waals surface area contributed by atoms with Crippen molar-refractivity contribution in [1.82, 2.24) is 4.57 Å². The monoisotopic (exact) mass is 262 g/mol. The van der Waals surface area contributed by atoms with Crippen LogP contribution in [0.3, 0.4) is 0 Å². The maximum absolute atomic E-state index is 11.6. The quantitative estimate of drug-likeness (QED) is 0.896. The van der Waals surface area contributed by atoms with Gasteiger partial charge in [0.1, 0.15) is 6.54 Å². The molecule has 0 spiro atoms. The number of fused-ring (bicyclic) bond motifs is 1. The van der Waals surface area contributed by atoms with Gasteiger partial charge in [-0.2, -0.15) is 5.26 Å². The second-order valence-electron chi connectivity index (χ2n) is 3.62. The van der Waals surface area contributed by atoms with Crippen molar-refractivity contribution in [2.24, 2.45) is 0 Å². The molecule has 1 N–H and O–H groups in total. The zero-order valence-electron chi connectivity index (χ0n) is 9.05. The van der Waals surface area contributed by atoms with Crippen LogP contribution in [0.5, 0.6) is 0 Å². The van der Waals surface area contributed by atoms with Gasteiger partial charge < -0.3 is 5.11 Å². The van der Waals surface area contributed by atoms with Crippen LogP contribution in [0.25, 0.3) is 10.9 Å². The lowest BCUT2D eigenvalue weighted by molar-refractivity contribution is 0.0697. The van der Waals surface area contributed by atoms with Gasteiger partial charge in [0.05, 0.1) is 22.2 Å². The molecule has 0 amide bonds. The Morgan fingerprint density at radius 1 is 1.44 bits per heavy atom. The van der Waals surface area contributed by atoms with Crippen LogP contribution in [0, 0.1) is 11.3 Å². The normalized spacial score (nSPS) is 10.2. The van der Waals surface area contributed by atoms with Gasteiger partial charge in [-0.1, -0.05) is 11.6 Å². The molecular formula is C12H7ClN2O3. The molecule has 1 aromatic carbocycles. The Morgan fingerprint density at radius 2 is 2.17 bits per heavy atom. The molecule has 90 valence electrons. The number of carboxylic acid groups (broad SMARTS) is 1. The van der Waals surface area contributed by atoms with Gasteiger partial charge in [-0.25, -0.2) is 4.79 Å². The second kappa shape index (κ2) is 4.51. The Morgan fingerprint density at radius 3 is 2.78 bits per heavy atom. The Kier molecular flexibility index (Phi) is 3.04. The molecule has 0 radical (unpaired) electrons. The van der Waals surface area contributed by atoms with Gasteiger partial charge in [0, 0.05) is 11.5 Å². The fraction of sp³-hybridized carbons (Fsp3) is 0.0833. The minimum absolute atomic E-state index is 0.0367. The predicted octanol–water partition coefficient (Wildman–Crippen LogP) is 1.88. The van der Waals surface area contributed by atoms with Gasteiger partial charge in [-0.15, -0.1) is 0 Å². The lowest BCUT2D eigenvalue weighted by Crippen LogP contribution is -2.19. The zero-order chi connectivity index (χ0) is 13.3. The van der Waals surface area contributed by atoms with E-state index in [1.54, 1.807) is 0 Å². The fourth-order valence-corrected chi connectivity index (χ4v) is 2.07. The minimum atomic E-state index is -1.10. The number of aromatic nitrogens is 1. The number of hydrogen-bond donors (Lipinski definition) is 1. The number of pyridine rings is 1. The Balaban J connectivity index is 2.88. The van der Waals surface area contributed by atoms with Crippen molar-refractivity contribution >= 4 is 28.5 Å². The number of hydrogen-bond acceptors (Lipinski definition) is 3. The summed E-state index contributed by atoms with van der Waals surface area (Å²) in [5, 5.41) is 18.3. The molecule has 2 rings (SSSR count). The number of nitrogens with zero attached hydrogens (tertiary/aromatic N) is 2. The number of rotatable bonds is 2. The van der Waals surface area contributed by atoms with Gasteiger partial charge in [0.25, 0.3) is 5.56 Å². The van der Waals surface area contributed by atoms with Crippen molar-refractivity contribution in [1.29, 1.82) is 5.26 Å². The fourth-order valence-electron chi connectivity index (χ4n) is 1.74. The third-order valence-corrected chi connectivity index (χ3v) is 2.80. The van der Waals surface area contributed by atoms with E-state index in [1.165, 1.54) is 28.8 Å². The lowest BCUT2D eigenvalue weighted by Gasteiger charge is -2.09. The number of carboxylic acids is 1. The highest BCUT2D eigenvalue weighted by atomic mass is 35.5. The van der Waals surface area contributed by atoms with Gasteiger partial charge in [0.15, 0.2) is 0 Å². The van der Waals surface area contributed by atoms with Crippen LogP contribution in [-0.4, -0.2) is 15.6 Å². The SMILES string of the molecule is N#CCn1c(=O)ccc2cc(C(=O)O)cc(Cl)c21. The van der Waals surface area contributed by atoms with Crippen LogP contribution in [-0.2, 0) is 6.54 Å². The number of benzene rings is 1. The molecule has 1 heterocycles. The van der Waals surface area contributed by atoms with Gasteiger partial charge in [-0.05, 0) is 18.2 Å². The standard InChI is InChI=1S/C12H7ClN2O3/c13-9-6-8(12(17)18)5-7-1-2-10(16)15(4-3-14)11(7)9/h1-2,5-6H,4H2,(H,17,18). The van der Waals surface area contributed by atoms with Crippen LogP contribution in [0.1, 0.15) is 10.4 Å². The second-order valence-corrected chi connectivity index (χ2v) is 4.02. The molecule has 0 aliphatic carbocycles. The molecule has 1 aromatic heterocycles. The summed E-state index contributed by atoms with van der Waals surface area (Å²) < 4.78 is 1.21. The van der Waals surface area contributed by atoms with Gasteiger partial charge >= 0.3 is 5.97 Å². The van der Waals surface area contributed by atoms with E-state index in [0.29, 0.717) is 10.9 Å². The van der Waals surface area contributed by atoms with Crippen molar-refractivity contribution in [2.75, 3.05) is 0 Å². The van der Waals surface area contributed by atoms with E-state index in [0.717, 1.165) is 0 Å². The van der Waals surface area contributed by atoms with E-state index in [4.69, 9.17) is 22.0 Å². The largest absolute Gasteiger partial charge is 0.478 e. The zero-order valence-corrected chi connectivity index (χ0v) is 9.81. The first-order valence-corrected chi connectivity index (χ1v) is 5.35.